The van der Waals surface area contributed by atoms with Gasteiger partial charge in [-0.15, -0.1) is 11.3 Å². The molecule has 0 atom stereocenters. The van der Waals surface area contributed by atoms with E-state index in [1.165, 1.54) is 5.56 Å². The second kappa shape index (κ2) is 9.90. The van der Waals surface area contributed by atoms with E-state index >= 15 is 0 Å². The van der Waals surface area contributed by atoms with Crippen LogP contribution in [-0.4, -0.2) is 39.3 Å². The Kier molecular flexibility index (Phi) is 7.56. The van der Waals surface area contributed by atoms with Gasteiger partial charge >= 0.3 is 0 Å². The third kappa shape index (κ3) is 6.28. The number of carbonyl (C=O) groups excluding carboxylic acids is 1. The molecule has 0 spiro atoms. The van der Waals surface area contributed by atoms with Crippen LogP contribution in [0.4, 0.5) is 0 Å². The van der Waals surface area contributed by atoms with E-state index in [-0.39, 0.29) is 12.3 Å². The van der Waals surface area contributed by atoms with Crippen LogP contribution in [0.25, 0.3) is 0 Å². The van der Waals surface area contributed by atoms with E-state index in [0.717, 1.165) is 10.6 Å². The average Bonchev–Trinajstić information content (AvgIpc) is 3.02. The van der Waals surface area contributed by atoms with Gasteiger partial charge in [0.15, 0.2) is 16.6 Å². The predicted molar refractivity (Wildman–Crippen MR) is 98.8 cm³/mol. The van der Waals surface area contributed by atoms with Crippen molar-refractivity contribution in [1.82, 2.24) is 5.32 Å². The monoisotopic (exact) mass is 364 g/mol. The van der Waals surface area contributed by atoms with E-state index in [9.17, 15) is 4.79 Å². The molecule has 3 N–H and O–H groups in total. The minimum Gasteiger partial charge on any atom is -0.493 e. The van der Waals surface area contributed by atoms with Crippen LogP contribution in [0.15, 0.2) is 29.6 Å². The Morgan fingerprint density at radius 3 is 2.72 bits per heavy atom. The highest BCUT2D eigenvalue weighted by atomic mass is 32.1. The molecule has 2 rings (SSSR count). The second-order valence-electron chi connectivity index (χ2n) is 5.44. The van der Waals surface area contributed by atoms with Crippen LogP contribution in [0.5, 0.6) is 16.6 Å². The lowest BCUT2D eigenvalue weighted by Crippen LogP contribution is -2.29. The summed E-state index contributed by atoms with van der Waals surface area (Å²) in [5.41, 5.74) is 7.46. The highest BCUT2D eigenvalue weighted by Crippen LogP contribution is 2.28. The number of thiophene rings is 1. The summed E-state index contributed by atoms with van der Waals surface area (Å²) >= 11 is 1.55. The van der Waals surface area contributed by atoms with Gasteiger partial charge in [0.1, 0.15) is 13.2 Å². The third-order valence-corrected chi connectivity index (χ3v) is 4.30. The van der Waals surface area contributed by atoms with Crippen molar-refractivity contribution >= 4 is 17.2 Å². The third-order valence-electron chi connectivity index (χ3n) is 3.34. The van der Waals surface area contributed by atoms with E-state index in [2.05, 4.69) is 5.32 Å². The molecule has 0 unspecified atom stereocenters. The van der Waals surface area contributed by atoms with Gasteiger partial charge in [0, 0.05) is 6.54 Å². The molecule has 1 amide bonds. The molecule has 0 saturated carbocycles. The molecule has 6 nitrogen and oxygen atoms in total. The number of nitrogens with two attached hydrogens (primary N) is 1. The summed E-state index contributed by atoms with van der Waals surface area (Å²) in [6, 6.07) is 7.42. The molecule has 0 aliphatic heterocycles. The van der Waals surface area contributed by atoms with Crippen LogP contribution in [0, 0.1) is 6.92 Å². The van der Waals surface area contributed by atoms with Crippen LogP contribution in [0.3, 0.4) is 0 Å². The standard InChI is InChI=1S/C18H24N2O4S/c1-13-9-18(25-12-13)24-8-6-20-17(21)11-14-3-4-15(23-7-5-19)16(10-14)22-2/h3-4,9-10,12H,5-8,11,19H2,1-2H3,(H,20,21). The minimum absolute atomic E-state index is 0.0661. The van der Waals surface area contributed by atoms with Gasteiger partial charge in [-0.2, -0.15) is 0 Å². The Morgan fingerprint density at radius 1 is 1.20 bits per heavy atom. The van der Waals surface area contributed by atoms with Crippen LogP contribution < -0.4 is 25.3 Å². The fourth-order valence-corrected chi connectivity index (χ4v) is 2.96. The molecule has 0 bridgehead atoms. The predicted octanol–water partition coefficient (Wildman–Crippen LogP) is 2.14. The highest BCUT2D eigenvalue weighted by Gasteiger charge is 2.09. The van der Waals surface area contributed by atoms with E-state index in [4.69, 9.17) is 19.9 Å². The lowest BCUT2D eigenvalue weighted by molar-refractivity contribution is -0.120. The van der Waals surface area contributed by atoms with Gasteiger partial charge in [-0.05, 0) is 41.6 Å². The lowest BCUT2D eigenvalue weighted by Gasteiger charge is -2.12. The first-order chi connectivity index (χ1) is 12.1. The zero-order valence-corrected chi connectivity index (χ0v) is 15.4. The molecule has 2 aromatic rings. The molecule has 136 valence electrons. The molecular weight excluding hydrogens is 340 g/mol. The fourth-order valence-electron chi connectivity index (χ4n) is 2.18. The second-order valence-corrected chi connectivity index (χ2v) is 6.31. The first-order valence-electron chi connectivity index (χ1n) is 8.06. The number of rotatable bonds is 10. The molecule has 0 radical (unpaired) electrons. The fraction of sp³-hybridized carbons (Fsp3) is 0.389. The summed E-state index contributed by atoms with van der Waals surface area (Å²) in [5.74, 6) is 1.15. The van der Waals surface area contributed by atoms with Crippen LogP contribution in [0.1, 0.15) is 11.1 Å². The van der Waals surface area contributed by atoms with E-state index in [1.807, 2.05) is 24.4 Å². The van der Waals surface area contributed by atoms with Gasteiger partial charge in [0.05, 0.1) is 20.1 Å². The molecule has 25 heavy (non-hydrogen) atoms. The molecule has 0 fully saturated rings. The van der Waals surface area contributed by atoms with Gasteiger partial charge in [-0.25, -0.2) is 0 Å². The normalized spacial score (nSPS) is 10.4. The molecule has 1 heterocycles. The zero-order chi connectivity index (χ0) is 18.1. The van der Waals surface area contributed by atoms with Gasteiger partial charge in [-0.3, -0.25) is 4.79 Å². The summed E-state index contributed by atoms with van der Waals surface area (Å²) in [6.45, 7) is 3.78. The molecule has 1 aromatic heterocycles. The van der Waals surface area contributed by atoms with E-state index in [1.54, 1.807) is 30.6 Å². The molecule has 0 saturated heterocycles. The maximum absolute atomic E-state index is 12.0. The van der Waals surface area contributed by atoms with Crippen molar-refractivity contribution in [2.75, 3.05) is 33.4 Å². The minimum atomic E-state index is -0.0661. The Hall–Kier alpha value is -2.25. The first-order valence-corrected chi connectivity index (χ1v) is 8.94. The molecule has 1 aromatic carbocycles. The van der Waals surface area contributed by atoms with Crippen molar-refractivity contribution in [2.45, 2.75) is 13.3 Å². The van der Waals surface area contributed by atoms with Crippen molar-refractivity contribution < 1.29 is 19.0 Å². The highest BCUT2D eigenvalue weighted by molar-refractivity contribution is 7.12. The number of hydrogen-bond donors (Lipinski definition) is 2. The first kappa shape index (κ1) is 19.1. The van der Waals surface area contributed by atoms with Gasteiger partial charge in [-0.1, -0.05) is 6.07 Å². The molecule has 7 heteroatoms. The van der Waals surface area contributed by atoms with Gasteiger partial charge in [0.2, 0.25) is 5.91 Å². The van der Waals surface area contributed by atoms with Crippen molar-refractivity contribution in [3.63, 3.8) is 0 Å². The molecular formula is C18H24N2O4S. The number of hydrogen-bond acceptors (Lipinski definition) is 6. The smallest absolute Gasteiger partial charge is 0.224 e. The van der Waals surface area contributed by atoms with Crippen molar-refractivity contribution in [3.05, 3.63) is 40.8 Å². The number of benzene rings is 1. The van der Waals surface area contributed by atoms with Crippen molar-refractivity contribution in [2.24, 2.45) is 5.73 Å². The number of methoxy groups -OCH3 is 1. The number of carbonyl (C=O) groups is 1. The van der Waals surface area contributed by atoms with E-state index in [0.29, 0.717) is 37.8 Å². The quantitative estimate of drug-likeness (QED) is 0.631. The number of ether oxygens (including phenoxy) is 3. The molecule has 0 aliphatic rings. The van der Waals surface area contributed by atoms with Crippen molar-refractivity contribution in [3.8, 4) is 16.6 Å². The molecule has 0 aliphatic carbocycles. The van der Waals surface area contributed by atoms with Gasteiger partial charge < -0.3 is 25.3 Å². The number of aryl methyl sites for hydroxylation is 1. The number of amides is 1. The topological polar surface area (TPSA) is 82.8 Å². The number of nitrogens with one attached hydrogen (secondary N) is 1. The largest absolute Gasteiger partial charge is 0.493 e. The lowest BCUT2D eigenvalue weighted by atomic mass is 10.1. The Morgan fingerprint density at radius 2 is 2.04 bits per heavy atom. The zero-order valence-electron chi connectivity index (χ0n) is 14.5. The maximum Gasteiger partial charge on any atom is 0.224 e. The van der Waals surface area contributed by atoms with Crippen LogP contribution in [-0.2, 0) is 11.2 Å². The SMILES string of the molecule is COc1cc(CC(=O)NCCOc2cc(C)cs2)ccc1OCCN. The summed E-state index contributed by atoms with van der Waals surface area (Å²) in [7, 11) is 1.57. The Balaban J connectivity index is 1.77. The van der Waals surface area contributed by atoms with Crippen molar-refractivity contribution in [1.29, 1.82) is 0 Å². The average molecular weight is 364 g/mol. The summed E-state index contributed by atoms with van der Waals surface area (Å²) in [6.07, 6.45) is 0.269. The maximum atomic E-state index is 12.0. The van der Waals surface area contributed by atoms with E-state index < -0.39 is 0 Å². The van der Waals surface area contributed by atoms with Gasteiger partial charge in [0.25, 0.3) is 0 Å². The summed E-state index contributed by atoms with van der Waals surface area (Å²) in [4.78, 5) is 12.0. The summed E-state index contributed by atoms with van der Waals surface area (Å²) < 4.78 is 16.4. The van der Waals surface area contributed by atoms with Crippen LogP contribution >= 0.6 is 11.3 Å². The van der Waals surface area contributed by atoms with Crippen LogP contribution in [0.2, 0.25) is 0 Å². The Labute approximate surface area is 151 Å². The Bertz CT molecular complexity index is 687. The summed E-state index contributed by atoms with van der Waals surface area (Å²) in [5, 5.41) is 5.74.